The van der Waals surface area contributed by atoms with Gasteiger partial charge in [-0.2, -0.15) is 11.8 Å². The highest BCUT2D eigenvalue weighted by Gasteiger charge is 2.28. The number of thioether (sulfide) groups is 1. The van der Waals surface area contributed by atoms with E-state index in [0.29, 0.717) is 33.8 Å². The van der Waals surface area contributed by atoms with Gasteiger partial charge in [-0.05, 0) is 36.8 Å². The zero-order valence-corrected chi connectivity index (χ0v) is 18.7. The fourth-order valence-corrected chi connectivity index (χ4v) is 5.19. The lowest BCUT2D eigenvalue weighted by Gasteiger charge is -2.28. The van der Waals surface area contributed by atoms with Crippen LogP contribution >= 0.6 is 35.0 Å². The van der Waals surface area contributed by atoms with Crippen molar-refractivity contribution >= 4 is 56.6 Å². The Bertz CT molecular complexity index is 909. The van der Waals surface area contributed by atoms with Crippen molar-refractivity contribution < 1.29 is 13.2 Å². The molecule has 0 aliphatic heterocycles. The van der Waals surface area contributed by atoms with E-state index in [1.165, 1.54) is 0 Å². The van der Waals surface area contributed by atoms with Gasteiger partial charge in [0.15, 0.2) is 0 Å². The van der Waals surface area contributed by atoms with Crippen molar-refractivity contribution in [3.8, 4) is 0 Å². The summed E-state index contributed by atoms with van der Waals surface area (Å²) in [5, 5.41) is 4.00. The number of carbonyl (C=O) groups is 1. The first-order valence-corrected chi connectivity index (χ1v) is 12.3. The number of nitrogens with one attached hydrogen (secondary N) is 1. The van der Waals surface area contributed by atoms with Crippen molar-refractivity contribution in [2.45, 2.75) is 18.7 Å². The lowest BCUT2D eigenvalue weighted by molar-refractivity contribution is -0.121. The van der Waals surface area contributed by atoms with Crippen LogP contribution in [0, 0.1) is 0 Å². The number of anilines is 1. The van der Waals surface area contributed by atoms with E-state index in [2.05, 4.69) is 5.32 Å². The van der Waals surface area contributed by atoms with Gasteiger partial charge in [0.05, 0.1) is 11.9 Å². The van der Waals surface area contributed by atoms with Crippen molar-refractivity contribution in [3.05, 3.63) is 64.1 Å². The molecule has 0 aromatic heterocycles. The van der Waals surface area contributed by atoms with Gasteiger partial charge in [-0.25, -0.2) is 8.42 Å². The normalized spacial score (nSPS) is 12.4. The third-order valence-corrected chi connectivity index (χ3v) is 6.75. The van der Waals surface area contributed by atoms with Crippen LogP contribution in [0.1, 0.15) is 12.5 Å². The van der Waals surface area contributed by atoms with Crippen LogP contribution in [0.25, 0.3) is 0 Å². The molecule has 0 unspecified atom stereocenters. The van der Waals surface area contributed by atoms with E-state index in [-0.39, 0.29) is 5.91 Å². The van der Waals surface area contributed by atoms with Crippen molar-refractivity contribution in [1.29, 1.82) is 0 Å². The number of sulfonamides is 1. The van der Waals surface area contributed by atoms with Crippen molar-refractivity contribution in [2.24, 2.45) is 0 Å². The number of hydrogen-bond donors (Lipinski definition) is 1. The fraction of sp³-hybridized carbons (Fsp3) is 0.316. The number of rotatable bonds is 9. The van der Waals surface area contributed by atoms with E-state index in [0.717, 1.165) is 16.1 Å². The zero-order valence-electron chi connectivity index (χ0n) is 15.6. The lowest BCUT2D eigenvalue weighted by Crippen LogP contribution is -2.48. The van der Waals surface area contributed by atoms with E-state index in [9.17, 15) is 13.2 Å². The number of hydrogen-bond acceptors (Lipinski definition) is 4. The summed E-state index contributed by atoms with van der Waals surface area (Å²) in [7, 11) is -3.60. The van der Waals surface area contributed by atoms with Gasteiger partial charge in [0.2, 0.25) is 15.9 Å². The largest absolute Gasteiger partial charge is 0.353 e. The smallest absolute Gasteiger partial charge is 0.243 e. The minimum atomic E-state index is -3.60. The van der Waals surface area contributed by atoms with Crippen LogP contribution < -0.4 is 9.62 Å². The number of amides is 1. The lowest BCUT2D eigenvalue weighted by atomic mass is 10.2. The Morgan fingerprint density at radius 2 is 1.86 bits per heavy atom. The molecule has 5 nitrogen and oxygen atoms in total. The van der Waals surface area contributed by atoms with Gasteiger partial charge in [0.1, 0.15) is 6.04 Å². The summed E-state index contributed by atoms with van der Waals surface area (Å²) in [5.74, 6) is 1.02. The molecule has 0 radical (unpaired) electrons. The molecule has 0 saturated heterocycles. The zero-order chi connectivity index (χ0) is 20.7. The molecule has 28 heavy (non-hydrogen) atoms. The monoisotopic (exact) mass is 460 g/mol. The molecule has 0 saturated carbocycles. The molecule has 0 aliphatic carbocycles. The van der Waals surface area contributed by atoms with Gasteiger partial charge in [-0.3, -0.25) is 9.10 Å². The number of benzene rings is 2. The minimum Gasteiger partial charge on any atom is -0.353 e. The van der Waals surface area contributed by atoms with Gasteiger partial charge in [0.25, 0.3) is 0 Å². The molecular weight excluding hydrogens is 439 g/mol. The maximum absolute atomic E-state index is 12.5. The average Bonchev–Trinajstić information content (AvgIpc) is 2.62. The van der Waals surface area contributed by atoms with Gasteiger partial charge in [-0.1, -0.05) is 47.5 Å². The summed E-state index contributed by atoms with van der Waals surface area (Å²) in [6.07, 6.45) is 1.09. The Balaban J connectivity index is 1.87. The number of para-hydroxylation sites is 1. The van der Waals surface area contributed by atoms with Gasteiger partial charge in [0, 0.05) is 28.1 Å². The first-order chi connectivity index (χ1) is 13.2. The number of nitrogens with zero attached hydrogens (tertiary/aromatic N) is 1. The van der Waals surface area contributed by atoms with Crippen LogP contribution in [0.3, 0.4) is 0 Å². The summed E-state index contributed by atoms with van der Waals surface area (Å²) < 4.78 is 25.5. The second-order valence-corrected chi connectivity index (χ2v) is 9.96. The molecule has 152 valence electrons. The first kappa shape index (κ1) is 22.9. The maximum atomic E-state index is 12.5. The van der Waals surface area contributed by atoms with Crippen molar-refractivity contribution in [1.82, 2.24) is 5.32 Å². The Morgan fingerprint density at radius 3 is 2.46 bits per heavy atom. The Kier molecular flexibility index (Phi) is 8.49. The molecule has 2 aromatic rings. The summed E-state index contributed by atoms with van der Waals surface area (Å²) >= 11 is 13.6. The van der Waals surface area contributed by atoms with Gasteiger partial charge < -0.3 is 5.32 Å². The Hall–Kier alpha value is -1.41. The second kappa shape index (κ2) is 10.4. The molecule has 0 aliphatic rings. The average molecular weight is 461 g/mol. The van der Waals surface area contributed by atoms with Crippen molar-refractivity contribution in [2.75, 3.05) is 22.9 Å². The quantitative estimate of drug-likeness (QED) is 0.569. The van der Waals surface area contributed by atoms with E-state index in [1.54, 1.807) is 61.2 Å². The van der Waals surface area contributed by atoms with Crippen LogP contribution in [0.5, 0.6) is 0 Å². The minimum absolute atomic E-state index is 0.348. The molecule has 0 fully saturated rings. The number of carbonyl (C=O) groups excluding carboxylic acids is 1. The highest BCUT2D eigenvalue weighted by Crippen LogP contribution is 2.24. The van der Waals surface area contributed by atoms with Gasteiger partial charge >= 0.3 is 0 Å². The van der Waals surface area contributed by atoms with E-state index in [4.69, 9.17) is 23.2 Å². The Labute approximate surface area is 180 Å². The van der Waals surface area contributed by atoms with Crippen LogP contribution in [0.15, 0.2) is 48.5 Å². The third-order valence-electron chi connectivity index (χ3n) is 3.92. The molecule has 1 amide bonds. The Morgan fingerprint density at radius 1 is 1.18 bits per heavy atom. The van der Waals surface area contributed by atoms with E-state index >= 15 is 0 Å². The maximum Gasteiger partial charge on any atom is 0.243 e. The molecule has 2 rings (SSSR count). The molecule has 2 aromatic carbocycles. The molecular formula is C19H22Cl2N2O3S2. The molecule has 9 heteroatoms. The predicted molar refractivity (Wildman–Crippen MR) is 119 cm³/mol. The van der Waals surface area contributed by atoms with E-state index < -0.39 is 16.1 Å². The SMILES string of the molecule is C[C@H](C(=O)NCCSCc1ccc(Cl)cc1Cl)N(c1ccccc1)S(C)(=O)=O. The third kappa shape index (κ3) is 6.58. The summed E-state index contributed by atoms with van der Waals surface area (Å²) in [5.41, 5.74) is 1.43. The molecule has 0 bridgehead atoms. The molecule has 0 heterocycles. The predicted octanol–water partition coefficient (Wildman–Crippen LogP) is 4.20. The summed E-state index contributed by atoms with van der Waals surface area (Å²) in [4.78, 5) is 12.5. The topological polar surface area (TPSA) is 66.5 Å². The number of halogens is 2. The molecule has 0 spiro atoms. The highest BCUT2D eigenvalue weighted by molar-refractivity contribution is 7.98. The highest BCUT2D eigenvalue weighted by atomic mass is 35.5. The molecule has 1 N–H and O–H groups in total. The van der Waals surface area contributed by atoms with Crippen LogP contribution in [-0.2, 0) is 20.6 Å². The first-order valence-electron chi connectivity index (χ1n) is 8.54. The van der Waals surface area contributed by atoms with Crippen LogP contribution in [-0.4, -0.2) is 38.9 Å². The van der Waals surface area contributed by atoms with Crippen LogP contribution in [0.4, 0.5) is 5.69 Å². The summed E-state index contributed by atoms with van der Waals surface area (Å²) in [6, 6.07) is 13.1. The van der Waals surface area contributed by atoms with E-state index in [1.807, 2.05) is 6.07 Å². The van der Waals surface area contributed by atoms with Crippen LogP contribution in [0.2, 0.25) is 10.0 Å². The molecule has 1 atom stereocenters. The standard InChI is InChI=1S/C19H22Cl2N2O3S2/c1-14(23(28(2,25)26)17-6-4-3-5-7-17)19(24)22-10-11-27-13-15-8-9-16(20)12-18(15)21/h3-9,12,14H,10-11,13H2,1-2H3,(H,22,24)/t14-/m1/s1. The summed E-state index contributed by atoms with van der Waals surface area (Å²) in [6.45, 7) is 2.00. The van der Waals surface area contributed by atoms with Crippen molar-refractivity contribution in [3.63, 3.8) is 0 Å². The fourth-order valence-electron chi connectivity index (χ4n) is 2.60. The second-order valence-electron chi connectivity index (χ2n) is 6.15. The van der Waals surface area contributed by atoms with Gasteiger partial charge in [-0.15, -0.1) is 0 Å².